The fourth-order valence-electron chi connectivity index (χ4n) is 5.07. The SMILES string of the molecule is Cc1c(C)c(S(=O)(=O)NC(N)=NCCCC(N)C(=O)c2nc3c(s2)CCC3)c(C)c2c1OC(C)(C)CC2. The number of ether oxygens (including phenoxy) is 1. The molecule has 5 N–H and O–H groups in total. The number of hydrogen-bond donors (Lipinski definition) is 3. The lowest BCUT2D eigenvalue weighted by atomic mass is 9.88. The Morgan fingerprint density at radius 2 is 1.92 bits per heavy atom. The molecule has 1 aromatic carbocycles. The van der Waals surface area contributed by atoms with Crippen LogP contribution >= 0.6 is 11.3 Å². The molecular formula is C26H37N5O4S2. The van der Waals surface area contributed by atoms with E-state index >= 15 is 0 Å². The first-order valence-electron chi connectivity index (χ1n) is 12.7. The lowest BCUT2D eigenvalue weighted by Crippen LogP contribution is -2.38. The van der Waals surface area contributed by atoms with Crippen molar-refractivity contribution >= 4 is 33.1 Å². The minimum atomic E-state index is -3.95. The molecule has 0 bridgehead atoms. The van der Waals surface area contributed by atoms with Gasteiger partial charge < -0.3 is 16.2 Å². The molecular weight excluding hydrogens is 510 g/mol. The van der Waals surface area contributed by atoms with Crippen molar-refractivity contribution in [1.82, 2.24) is 9.71 Å². The van der Waals surface area contributed by atoms with Crippen LogP contribution in [0, 0.1) is 20.8 Å². The van der Waals surface area contributed by atoms with Crippen LogP contribution in [0.3, 0.4) is 0 Å². The van der Waals surface area contributed by atoms with Crippen molar-refractivity contribution in [2.75, 3.05) is 6.54 Å². The van der Waals surface area contributed by atoms with Crippen LogP contribution in [0.15, 0.2) is 9.89 Å². The first-order valence-corrected chi connectivity index (χ1v) is 15.0. The number of aryl methyl sites for hydroxylation is 2. The van der Waals surface area contributed by atoms with Gasteiger partial charge in [0.05, 0.1) is 16.6 Å². The molecule has 11 heteroatoms. The fraction of sp³-hybridized carbons (Fsp3) is 0.577. The molecule has 0 amide bonds. The number of aromatic nitrogens is 1. The van der Waals surface area contributed by atoms with Crippen LogP contribution in [-0.4, -0.2) is 43.3 Å². The number of nitrogens with two attached hydrogens (primary N) is 2. The summed E-state index contributed by atoms with van der Waals surface area (Å²) in [4.78, 5) is 22.6. The number of ketones is 1. The third-order valence-corrected chi connectivity index (χ3v) is 10.1. The number of nitrogens with one attached hydrogen (secondary N) is 1. The zero-order valence-electron chi connectivity index (χ0n) is 22.2. The molecule has 0 saturated carbocycles. The van der Waals surface area contributed by atoms with Crippen LogP contribution in [0.1, 0.15) is 82.2 Å². The first-order chi connectivity index (χ1) is 17.3. The summed E-state index contributed by atoms with van der Waals surface area (Å²) in [6.07, 6.45) is 5.44. The van der Waals surface area contributed by atoms with Crippen molar-refractivity contribution in [2.24, 2.45) is 16.5 Å². The summed E-state index contributed by atoms with van der Waals surface area (Å²) < 4.78 is 35.2. The van der Waals surface area contributed by atoms with Gasteiger partial charge in [0.15, 0.2) is 5.01 Å². The third kappa shape index (κ3) is 5.68. The summed E-state index contributed by atoms with van der Waals surface area (Å²) in [5.74, 6) is 0.432. The Hall–Kier alpha value is -2.50. The van der Waals surface area contributed by atoms with Crippen LogP contribution in [0.5, 0.6) is 5.75 Å². The maximum absolute atomic E-state index is 13.3. The van der Waals surface area contributed by atoms with Crippen molar-refractivity contribution in [3.05, 3.63) is 37.8 Å². The molecule has 1 aromatic heterocycles. The van der Waals surface area contributed by atoms with Gasteiger partial charge in [0, 0.05) is 11.4 Å². The third-order valence-electron chi connectivity index (χ3n) is 7.27. The average Bonchev–Trinajstić information content (AvgIpc) is 3.41. The smallest absolute Gasteiger partial charge is 0.264 e. The average molecular weight is 548 g/mol. The maximum Gasteiger partial charge on any atom is 0.264 e. The predicted molar refractivity (Wildman–Crippen MR) is 146 cm³/mol. The summed E-state index contributed by atoms with van der Waals surface area (Å²) in [5.41, 5.74) is 15.8. The monoisotopic (exact) mass is 547 g/mol. The number of Topliss-reactive ketones (excluding diaryl/α,β-unsaturated/α-hetero) is 1. The van der Waals surface area contributed by atoms with Crippen LogP contribution in [0.4, 0.5) is 0 Å². The molecule has 2 heterocycles. The second-order valence-electron chi connectivity index (χ2n) is 10.6. The summed E-state index contributed by atoms with van der Waals surface area (Å²) in [6, 6.07) is -0.671. The molecule has 1 aliphatic carbocycles. The van der Waals surface area contributed by atoms with Gasteiger partial charge in [-0.15, -0.1) is 11.3 Å². The second-order valence-corrected chi connectivity index (χ2v) is 13.3. The molecule has 1 atom stereocenters. The lowest BCUT2D eigenvalue weighted by Gasteiger charge is -2.35. The van der Waals surface area contributed by atoms with Crippen LogP contribution < -0.4 is 20.9 Å². The van der Waals surface area contributed by atoms with Gasteiger partial charge in [-0.2, -0.15) is 0 Å². The van der Waals surface area contributed by atoms with E-state index in [0.717, 1.165) is 54.7 Å². The van der Waals surface area contributed by atoms with Gasteiger partial charge in [-0.3, -0.25) is 9.79 Å². The Labute approximate surface area is 223 Å². The molecule has 202 valence electrons. The minimum Gasteiger partial charge on any atom is -0.487 e. The van der Waals surface area contributed by atoms with E-state index in [1.54, 1.807) is 6.92 Å². The van der Waals surface area contributed by atoms with Gasteiger partial charge in [-0.25, -0.2) is 18.1 Å². The zero-order chi connectivity index (χ0) is 27.1. The van der Waals surface area contributed by atoms with Crippen molar-refractivity contribution in [3.63, 3.8) is 0 Å². The highest BCUT2D eigenvalue weighted by atomic mass is 32.2. The Morgan fingerprint density at radius 3 is 2.62 bits per heavy atom. The Bertz CT molecular complexity index is 1340. The van der Waals surface area contributed by atoms with E-state index in [1.807, 2.05) is 27.7 Å². The summed E-state index contributed by atoms with van der Waals surface area (Å²) in [6.45, 7) is 9.80. The molecule has 37 heavy (non-hydrogen) atoms. The van der Waals surface area contributed by atoms with Crippen molar-refractivity contribution < 1.29 is 17.9 Å². The van der Waals surface area contributed by atoms with E-state index < -0.39 is 16.1 Å². The Kier molecular flexibility index (Phi) is 7.69. The number of sulfonamides is 1. The normalized spacial score (nSPS) is 17.6. The lowest BCUT2D eigenvalue weighted by molar-refractivity contribution is 0.0831. The molecule has 2 aliphatic rings. The largest absolute Gasteiger partial charge is 0.487 e. The molecule has 4 rings (SSSR count). The Balaban J connectivity index is 1.38. The first kappa shape index (κ1) is 27.5. The number of thiazole rings is 1. The number of hydrogen-bond acceptors (Lipinski definition) is 8. The molecule has 0 radical (unpaired) electrons. The second kappa shape index (κ2) is 10.3. The van der Waals surface area contributed by atoms with Gasteiger partial charge >= 0.3 is 0 Å². The molecule has 9 nitrogen and oxygen atoms in total. The summed E-state index contributed by atoms with van der Waals surface area (Å²) in [7, 11) is -3.95. The van der Waals surface area contributed by atoms with Gasteiger partial charge in [0.25, 0.3) is 10.0 Å². The molecule has 1 unspecified atom stereocenters. The molecule has 2 aromatic rings. The summed E-state index contributed by atoms with van der Waals surface area (Å²) >= 11 is 1.45. The van der Waals surface area contributed by atoms with Crippen LogP contribution in [0.2, 0.25) is 0 Å². The standard InChI is InChI=1S/C26H37N5O4S2/c1-14-15(2)23(16(3)17-11-12-26(4,5)35-22(14)17)37(33,34)31-25(28)29-13-7-8-18(27)21(32)24-30-19-9-6-10-20(19)36-24/h18H,6-13,27H2,1-5H3,(H3,28,29,31). The highest BCUT2D eigenvalue weighted by Gasteiger charge is 2.33. The Morgan fingerprint density at radius 1 is 1.19 bits per heavy atom. The predicted octanol–water partition coefficient (Wildman–Crippen LogP) is 3.24. The number of carbonyl (C=O) groups is 1. The number of rotatable bonds is 8. The number of benzene rings is 1. The van der Waals surface area contributed by atoms with E-state index in [2.05, 4.69) is 14.7 Å². The minimum absolute atomic E-state index is 0.154. The highest BCUT2D eigenvalue weighted by Crippen LogP contribution is 2.42. The van der Waals surface area contributed by atoms with E-state index in [1.165, 1.54) is 16.2 Å². The van der Waals surface area contributed by atoms with Gasteiger partial charge in [-0.05, 0) is 102 Å². The fourth-order valence-corrected chi connectivity index (χ4v) is 7.75. The number of guanidine groups is 1. The number of fused-ring (bicyclic) bond motifs is 2. The summed E-state index contributed by atoms with van der Waals surface area (Å²) in [5, 5.41) is 0.480. The number of nitrogens with zero attached hydrogens (tertiary/aromatic N) is 2. The van der Waals surface area contributed by atoms with Gasteiger partial charge in [0.2, 0.25) is 11.7 Å². The van der Waals surface area contributed by atoms with Crippen molar-refractivity contribution in [2.45, 2.75) is 96.1 Å². The van der Waals surface area contributed by atoms with Crippen LogP contribution in [0.25, 0.3) is 0 Å². The molecule has 1 aliphatic heterocycles. The molecule has 0 spiro atoms. The highest BCUT2D eigenvalue weighted by molar-refractivity contribution is 7.90. The maximum atomic E-state index is 13.3. The number of carbonyl (C=O) groups excluding carboxylic acids is 1. The van der Waals surface area contributed by atoms with Crippen molar-refractivity contribution in [3.8, 4) is 5.75 Å². The number of aliphatic imine (C=N–C) groups is 1. The van der Waals surface area contributed by atoms with Gasteiger partial charge in [0.1, 0.15) is 11.4 Å². The van der Waals surface area contributed by atoms with Gasteiger partial charge in [-0.1, -0.05) is 0 Å². The van der Waals surface area contributed by atoms with E-state index in [-0.39, 0.29) is 28.8 Å². The topological polar surface area (TPSA) is 150 Å². The van der Waals surface area contributed by atoms with E-state index in [4.69, 9.17) is 16.2 Å². The quantitative estimate of drug-likeness (QED) is 0.199. The molecule has 0 saturated heterocycles. The van der Waals surface area contributed by atoms with Crippen LogP contribution in [-0.2, 0) is 29.3 Å². The van der Waals surface area contributed by atoms with E-state index in [9.17, 15) is 13.2 Å². The van der Waals surface area contributed by atoms with Crippen molar-refractivity contribution in [1.29, 1.82) is 0 Å². The molecule has 0 fully saturated rings. The zero-order valence-corrected chi connectivity index (χ0v) is 23.9. The van der Waals surface area contributed by atoms with E-state index in [0.29, 0.717) is 29.0 Å².